The first-order valence-corrected chi connectivity index (χ1v) is 5.36. The van der Waals surface area contributed by atoms with Crippen LogP contribution in [0, 0.1) is 12.7 Å². The van der Waals surface area contributed by atoms with Gasteiger partial charge in [-0.25, -0.2) is 4.39 Å². The van der Waals surface area contributed by atoms with E-state index in [4.69, 9.17) is 0 Å². The van der Waals surface area contributed by atoms with Gasteiger partial charge >= 0.3 is 0 Å². The van der Waals surface area contributed by atoms with Gasteiger partial charge in [0.15, 0.2) is 0 Å². The van der Waals surface area contributed by atoms with Crippen LogP contribution in [-0.2, 0) is 13.5 Å². The van der Waals surface area contributed by atoms with E-state index in [-0.39, 0.29) is 5.69 Å². The number of hydrogen-bond acceptors (Lipinski definition) is 3. The van der Waals surface area contributed by atoms with Crippen LogP contribution in [0.2, 0.25) is 0 Å². The number of halogens is 1. The topological polar surface area (TPSA) is 50.9 Å². The maximum Gasteiger partial charge on any atom is 0.147 e. The third-order valence-electron chi connectivity index (χ3n) is 2.60. The molecule has 2 aromatic rings. The summed E-state index contributed by atoms with van der Waals surface area (Å²) >= 11 is 0. The second-order valence-corrected chi connectivity index (χ2v) is 3.99. The van der Waals surface area contributed by atoms with Crippen LogP contribution in [0.15, 0.2) is 24.4 Å². The Hall–Kier alpha value is -1.75. The van der Waals surface area contributed by atoms with Crippen molar-refractivity contribution >= 4 is 0 Å². The van der Waals surface area contributed by atoms with Gasteiger partial charge in [0.1, 0.15) is 17.6 Å². The quantitative estimate of drug-likeness (QED) is 0.878. The van der Waals surface area contributed by atoms with E-state index in [1.165, 1.54) is 18.3 Å². The average molecular weight is 235 g/mol. The lowest BCUT2D eigenvalue weighted by molar-refractivity contribution is 0.166. The molecule has 0 spiro atoms. The first-order valence-electron chi connectivity index (χ1n) is 5.36. The van der Waals surface area contributed by atoms with Crippen LogP contribution >= 0.6 is 0 Å². The van der Waals surface area contributed by atoms with E-state index >= 15 is 0 Å². The highest BCUT2D eigenvalue weighted by atomic mass is 19.1. The molecule has 0 aliphatic carbocycles. The van der Waals surface area contributed by atoms with Gasteiger partial charge in [0.25, 0.3) is 0 Å². The average Bonchev–Trinajstić information content (AvgIpc) is 2.58. The summed E-state index contributed by atoms with van der Waals surface area (Å²) in [7, 11) is 1.80. The third kappa shape index (κ3) is 2.50. The Balaban J connectivity index is 2.20. The van der Waals surface area contributed by atoms with E-state index < -0.39 is 11.9 Å². The van der Waals surface area contributed by atoms with Crippen LogP contribution < -0.4 is 0 Å². The zero-order valence-corrected chi connectivity index (χ0v) is 9.76. The van der Waals surface area contributed by atoms with E-state index in [9.17, 15) is 9.50 Å². The van der Waals surface area contributed by atoms with Crippen LogP contribution in [0.25, 0.3) is 0 Å². The summed E-state index contributed by atoms with van der Waals surface area (Å²) in [6, 6.07) is 4.66. The molecule has 0 aliphatic heterocycles. The van der Waals surface area contributed by atoms with Crippen molar-refractivity contribution in [3.63, 3.8) is 0 Å². The molecule has 0 bridgehead atoms. The molecule has 90 valence electrons. The van der Waals surface area contributed by atoms with Gasteiger partial charge in [-0.05, 0) is 25.1 Å². The monoisotopic (exact) mass is 235 g/mol. The lowest BCUT2D eigenvalue weighted by Gasteiger charge is -2.10. The number of hydrogen-bond donors (Lipinski definition) is 1. The second-order valence-electron chi connectivity index (χ2n) is 3.99. The standard InChI is InChI=1S/C12H14FN3O/c1-8-6-9(16(2)15-8)7-11(17)12-10(13)4-3-5-14-12/h3-6,11,17H,7H2,1-2H3. The molecule has 2 aromatic heterocycles. The van der Waals surface area contributed by atoms with E-state index in [2.05, 4.69) is 10.1 Å². The maximum atomic E-state index is 13.4. The predicted molar refractivity (Wildman–Crippen MR) is 60.8 cm³/mol. The van der Waals surface area contributed by atoms with Gasteiger partial charge in [0.05, 0.1) is 5.69 Å². The molecular weight excluding hydrogens is 221 g/mol. The van der Waals surface area contributed by atoms with Crippen molar-refractivity contribution in [3.8, 4) is 0 Å². The number of aliphatic hydroxyl groups is 1. The van der Waals surface area contributed by atoms with Gasteiger partial charge in [-0.3, -0.25) is 9.67 Å². The number of aryl methyl sites for hydroxylation is 2. The fourth-order valence-electron chi connectivity index (χ4n) is 1.79. The van der Waals surface area contributed by atoms with E-state index in [0.29, 0.717) is 6.42 Å². The third-order valence-corrected chi connectivity index (χ3v) is 2.60. The summed E-state index contributed by atoms with van der Waals surface area (Å²) in [5.74, 6) is -0.487. The largest absolute Gasteiger partial charge is 0.386 e. The Kier molecular flexibility index (Phi) is 3.19. The molecule has 0 saturated carbocycles. The van der Waals surface area contributed by atoms with Crippen molar-refractivity contribution < 1.29 is 9.50 Å². The van der Waals surface area contributed by atoms with Crippen molar-refractivity contribution in [1.82, 2.24) is 14.8 Å². The van der Waals surface area contributed by atoms with Crippen molar-refractivity contribution in [2.24, 2.45) is 7.05 Å². The van der Waals surface area contributed by atoms with Gasteiger partial charge in [0.2, 0.25) is 0 Å². The first-order chi connectivity index (χ1) is 8.08. The summed E-state index contributed by atoms with van der Waals surface area (Å²) in [6.45, 7) is 1.87. The lowest BCUT2D eigenvalue weighted by Crippen LogP contribution is -2.09. The van der Waals surface area contributed by atoms with Gasteiger partial charge in [-0.1, -0.05) is 0 Å². The smallest absolute Gasteiger partial charge is 0.147 e. The first kappa shape index (κ1) is 11.7. The van der Waals surface area contributed by atoms with Crippen molar-refractivity contribution in [2.45, 2.75) is 19.4 Å². The zero-order chi connectivity index (χ0) is 12.4. The van der Waals surface area contributed by atoms with Gasteiger partial charge in [0, 0.05) is 25.4 Å². The summed E-state index contributed by atoms with van der Waals surface area (Å²) in [4.78, 5) is 3.86. The van der Waals surface area contributed by atoms with E-state index in [0.717, 1.165) is 11.4 Å². The molecule has 17 heavy (non-hydrogen) atoms. The molecule has 0 saturated heterocycles. The Morgan fingerprint density at radius 2 is 2.29 bits per heavy atom. The Morgan fingerprint density at radius 3 is 2.88 bits per heavy atom. The molecule has 2 heterocycles. The van der Waals surface area contributed by atoms with Crippen LogP contribution in [0.3, 0.4) is 0 Å². The maximum absolute atomic E-state index is 13.4. The number of pyridine rings is 1. The van der Waals surface area contributed by atoms with Crippen molar-refractivity contribution in [2.75, 3.05) is 0 Å². The zero-order valence-electron chi connectivity index (χ0n) is 9.76. The fraction of sp³-hybridized carbons (Fsp3) is 0.333. The summed E-state index contributed by atoms with van der Waals surface area (Å²) in [6.07, 6.45) is 0.812. The molecule has 0 aromatic carbocycles. The summed E-state index contributed by atoms with van der Waals surface area (Å²) in [5, 5.41) is 14.1. The van der Waals surface area contributed by atoms with E-state index in [1.807, 2.05) is 13.0 Å². The Bertz CT molecular complexity index is 524. The van der Waals surface area contributed by atoms with Crippen LogP contribution in [-0.4, -0.2) is 19.9 Å². The second kappa shape index (κ2) is 4.63. The minimum atomic E-state index is -0.953. The van der Waals surface area contributed by atoms with Crippen molar-refractivity contribution in [1.29, 1.82) is 0 Å². The number of nitrogens with zero attached hydrogens (tertiary/aromatic N) is 3. The minimum Gasteiger partial charge on any atom is -0.386 e. The normalized spacial score (nSPS) is 12.7. The van der Waals surface area contributed by atoms with Crippen molar-refractivity contribution in [3.05, 3.63) is 47.3 Å². The predicted octanol–water partition coefficient (Wildman–Crippen LogP) is 1.54. The van der Waals surface area contributed by atoms with Gasteiger partial charge in [-0.15, -0.1) is 0 Å². The summed E-state index contributed by atoms with van der Waals surface area (Å²) in [5.41, 5.74) is 1.79. The Morgan fingerprint density at radius 1 is 1.53 bits per heavy atom. The SMILES string of the molecule is Cc1cc(CC(O)c2ncccc2F)n(C)n1. The van der Waals surface area contributed by atoms with Crippen LogP contribution in [0.4, 0.5) is 4.39 Å². The van der Waals surface area contributed by atoms with Crippen LogP contribution in [0.1, 0.15) is 23.2 Å². The Labute approximate surface area is 98.7 Å². The molecule has 1 N–H and O–H groups in total. The highest BCUT2D eigenvalue weighted by Gasteiger charge is 2.16. The fourth-order valence-corrected chi connectivity index (χ4v) is 1.79. The highest BCUT2D eigenvalue weighted by molar-refractivity contribution is 5.15. The number of aliphatic hydroxyl groups excluding tert-OH is 1. The summed E-state index contributed by atoms with van der Waals surface area (Å²) < 4.78 is 15.1. The minimum absolute atomic E-state index is 0.0753. The highest BCUT2D eigenvalue weighted by Crippen LogP contribution is 2.18. The van der Waals surface area contributed by atoms with E-state index in [1.54, 1.807) is 11.7 Å². The molecule has 0 amide bonds. The molecule has 4 nitrogen and oxygen atoms in total. The molecule has 1 atom stereocenters. The molecule has 1 unspecified atom stereocenters. The molecule has 0 radical (unpaired) electrons. The molecular formula is C12H14FN3O. The molecule has 0 fully saturated rings. The molecule has 2 rings (SSSR count). The van der Waals surface area contributed by atoms with Crippen LogP contribution in [0.5, 0.6) is 0 Å². The number of rotatable bonds is 3. The van der Waals surface area contributed by atoms with Gasteiger partial charge in [-0.2, -0.15) is 5.10 Å². The number of aromatic nitrogens is 3. The molecule has 5 heteroatoms. The lowest BCUT2D eigenvalue weighted by atomic mass is 10.1. The van der Waals surface area contributed by atoms with Gasteiger partial charge < -0.3 is 5.11 Å². The molecule has 0 aliphatic rings.